The Bertz CT molecular complexity index is 1250. The highest BCUT2D eigenvalue weighted by molar-refractivity contribution is 6.30. The third kappa shape index (κ3) is 9.59. The molecule has 2 aromatic carbocycles. The second-order valence-corrected chi connectivity index (χ2v) is 11.6. The van der Waals surface area contributed by atoms with E-state index in [1.165, 1.54) is 0 Å². The summed E-state index contributed by atoms with van der Waals surface area (Å²) in [6.07, 6.45) is 4.57. The smallest absolute Gasteiger partial charge is 0.410 e. The Labute approximate surface area is 242 Å². The second kappa shape index (κ2) is 14.2. The highest BCUT2D eigenvalue weighted by atomic mass is 35.5. The van der Waals surface area contributed by atoms with Gasteiger partial charge < -0.3 is 25.1 Å². The van der Waals surface area contributed by atoms with Gasteiger partial charge in [-0.25, -0.2) is 4.79 Å². The minimum Gasteiger partial charge on any atom is -0.493 e. The lowest BCUT2D eigenvalue weighted by Crippen LogP contribution is -2.38. The number of halogens is 1. The predicted molar refractivity (Wildman–Crippen MR) is 160 cm³/mol. The molecule has 9 heteroatoms. The van der Waals surface area contributed by atoms with Crippen LogP contribution in [0.15, 0.2) is 53.7 Å². The number of amidine groups is 1. The Kier molecular flexibility index (Phi) is 11.0. The molecule has 0 unspecified atom stereocenters. The van der Waals surface area contributed by atoms with Crippen LogP contribution in [0.4, 0.5) is 4.79 Å². The van der Waals surface area contributed by atoms with Crippen LogP contribution in [0, 0.1) is 5.92 Å². The number of allylic oxidation sites excluding steroid dienone is 1. The standard InChI is InChI=1S/C31H41ClN4O4/c1-7-8-28(35-33-19-25-18-26(32)11-12-27(25)39-20-21(2)3)34-29(37)24-10-9-22-13-15-36(16-14-23(22)17-24)30(38)40-31(4,5)6/h7-12,17-18,21,33H,13-16,19-20H2,1-6H3,(H,34,35,37)/b8-7+. The Morgan fingerprint density at radius 3 is 2.50 bits per heavy atom. The van der Waals surface area contributed by atoms with Gasteiger partial charge in [-0.1, -0.05) is 37.6 Å². The van der Waals surface area contributed by atoms with Gasteiger partial charge in [-0.15, -0.1) is 0 Å². The van der Waals surface area contributed by atoms with Crippen molar-refractivity contribution in [3.8, 4) is 5.75 Å². The molecule has 0 saturated heterocycles. The maximum absolute atomic E-state index is 13.1. The topological polar surface area (TPSA) is 92.3 Å². The molecule has 1 heterocycles. The first-order chi connectivity index (χ1) is 18.9. The number of hydrazone groups is 1. The highest BCUT2D eigenvalue weighted by Crippen LogP contribution is 2.24. The van der Waals surface area contributed by atoms with Crippen molar-refractivity contribution >= 4 is 29.4 Å². The van der Waals surface area contributed by atoms with Crippen LogP contribution in [0.3, 0.4) is 0 Å². The van der Waals surface area contributed by atoms with Crippen molar-refractivity contribution in [1.82, 2.24) is 15.6 Å². The number of fused-ring (bicyclic) bond motifs is 1. The molecule has 3 rings (SSSR count). The van der Waals surface area contributed by atoms with Crippen LogP contribution >= 0.6 is 11.6 Å². The van der Waals surface area contributed by atoms with Crippen LogP contribution in [0.2, 0.25) is 5.02 Å². The van der Waals surface area contributed by atoms with Gasteiger partial charge in [0.15, 0.2) is 5.84 Å². The summed E-state index contributed by atoms with van der Waals surface area (Å²) < 4.78 is 11.5. The van der Waals surface area contributed by atoms with Gasteiger partial charge >= 0.3 is 6.09 Å². The van der Waals surface area contributed by atoms with E-state index < -0.39 is 5.60 Å². The number of nitrogens with zero attached hydrogens (tertiary/aromatic N) is 2. The molecule has 8 nitrogen and oxygen atoms in total. The molecule has 0 aromatic heterocycles. The molecular formula is C31H41ClN4O4. The van der Waals surface area contributed by atoms with Crippen LogP contribution in [0.25, 0.3) is 0 Å². The molecule has 0 radical (unpaired) electrons. The fraction of sp³-hybridized carbons (Fsp3) is 0.452. The summed E-state index contributed by atoms with van der Waals surface area (Å²) in [6, 6.07) is 11.2. The van der Waals surface area contributed by atoms with E-state index in [-0.39, 0.29) is 12.0 Å². The SMILES string of the molecule is C/C=C/C(=N\NCc1cc(Cl)ccc1OCC(C)C)NC(=O)c1ccc2c(c1)CCN(C(=O)OC(C)(C)C)CC2. The van der Waals surface area contributed by atoms with Gasteiger partial charge in [-0.2, -0.15) is 5.10 Å². The average molecular weight is 569 g/mol. The fourth-order valence-corrected chi connectivity index (χ4v) is 4.32. The zero-order valence-corrected chi connectivity index (χ0v) is 25.1. The molecule has 2 N–H and O–H groups in total. The van der Waals surface area contributed by atoms with Gasteiger partial charge in [0.1, 0.15) is 11.4 Å². The number of rotatable bonds is 8. The van der Waals surface area contributed by atoms with E-state index in [1.54, 1.807) is 23.1 Å². The lowest BCUT2D eigenvalue weighted by atomic mass is 10.00. The molecule has 0 spiro atoms. The maximum Gasteiger partial charge on any atom is 0.410 e. The summed E-state index contributed by atoms with van der Waals surface area (Å²) in [6.45, 7) is 13.7. The molecule has 0 saturated carbocycles. The first kappa shape index (κ1) is 31.0. The Morgan fingerprint density at radius 1 is 1.10 bits per heavy atom. The van der Waals surface area contributed by atoms with Crippen molar-refractivity contribution < 1.29 is 19.1 Å². The average Bonchev–Trinajstić information content (AvgIpc) is 3.09. The number of carbonyl (C=O) groups is 2. The van der Waals surface area contributed by atoms with E-state index in [9.17, 15) is 9.59 Å². The molecule has 2 amide bonds. The van der Waals surface area contributed by atoms with Gasteiger partial charge in [-0.05, 0) is 94.0 Å². The summed E-state index contributed by atoms with van der Waals surface area (Å²) >= 11 is 6.20. The number of carbonyl (C=O) groups excluding carboxylic acids is 2. The zero-order valence-electron chi connectivity index (χ0n) is 24.3. The van der Waals surface area contributed by atoms with E-state index >= 15 is 0 Å². The summed E-state index contributed by atoms with van der Waals surface area (Å²) in [7, 11) is 0. The number of ether oxygens (including phenoxy) is 2. The molecule has 0 atom stereocenters. The van der Waals surface area contributed by atoms with Crippen LogP contribution in [-0.2, 0) is 24.1 Å². The normalized spacial score (nSPS) is 14.1. The minimum absolute atomic E-state index is 0.265. The molecule has 0 bridgehead atoms. The minimum atomic E-state index is -0.541. The van der Waals surface area contributed by atoms with E-state index in [0.29, 0.717) is 61.4 Å². The maximum atomic E-state index is 13.1. The van der Waals surface area contributed by atoms with Gasteiger partial charge in [0.05, 0.1) is 13.2 Å². The van der Waals surface area contributed by atoms with Crippen LogP contribution in [0.5, 0.6) is 5.75 Å². The monoisotopic (exact) mass is 568 g/mol. The lowest BCUT2D eigenvalue weighted by Gasteiger charge is -2.26. The molecule has 1 aliphatic heterocycles. The molecular weight excluding hydrogens is 528 g/mol. The number of hydrogen-bond acceptors (Lipinski definition) is 6. The van der Waals surface area contributed by atoms with Crippen LogP contribution in [0.1, 0.15) is 68.6 Å². The van der Waals surface area contributed by atoms with Crippen molar-refractivity contribution in [2.24, 2.45) is 11.0 Å². The molecule has 1 aliphatic rings. The molecule has 0 aliphatic carbocycles. The van der Waals surface area contributed by atoms with Crippen molar-refractivity contribution in [3.63, 3.8) is 0 Å². The first-order valence-corrected chi connectivity index (χ1v) is 14.1. The van der Waals surface area contributed by atoms with Gasteiger partial charge in [0, 0.05) is 29.2 Å². The largest absolute Gasteiger partial charge is 0.493 e. The first-order valence-electron chi connectivity index (χ1n) is 13.7. The third-order valence-corrected chi connectivity index (χ3v) is 6.29. The van der Waals surface area contributed by atoms with Gasteiger partial charge in [-0.3, -0.25) is 4.79 Å². The summed E-state index contributed by atoms with van der Waals surface area (Å²) in [5, 5.41) is 7.88. The van der Waals surface area contributed by atoms with E-state index in [4.69, 9.17) is 21.1 Å². The Balaban J connectivity index is 1.65. The van der Waals surface area contributed by atoms with Crippen LogP contribution in [-0.4, -0.2) is 48.0 Å². The molecule has 216 valence electrons. The quantitative estimate of drug-likeness (QED) is 0.227. The number of hydrogen-bond donors (Lipinski definition) is 2. The van der Waals surface area contributed by atoms with Crippen molar-refractivity contribution in [2.45, 2.75) is 66.5 Å². The third-order valence-electron chi connectivity index (χ3n) is 6.05. The lowest BCUT2D eigenvalue weighted by molar-refractivity contribution is 0.0258. The van der Waals surface area contributed by atoms with Gasteiger partial charge in [0.25, 0.3) is 5.91 Å². The molecule has 0 fully saturated rings. The highest BCUT2D eigenvalue weighted by Gasteiger charge is 2.24. The number of amides is 2. The van der Waals surface area contributed by atoms with Gasteiger partial charge in [0.2, 0.25) is 0 Å². The van der Waals surface area contributed by atoms with Crippen molar-refractivity contribution in [1.29, 1.82) is 0 Å². The molecule has 40 heavy (non-hydrogen) atoms. The fourth-order valence-electron chi connectivity index (χ4n) is 4.12. The Hall–Kier alpha value is -3.52. The summed E-state index contributed by atoms with van der Waals surface area (Å²) in [5.41, 5.74) is 6.06. The van der Waals surface area contributed by atoms with E-state index in [0.717, 1.165) is 22.4 Å². The van der Waals surface area contributed by atoms with Crippen LogP contribution < -0.4 is 15.5 Å². The van der Waals surface area contributed by atoms with Crippen molar-refractivity contribution in [3.05, 3.63) is 75.8 Å². The van der Waals surface area contributed by atoms with E-state index in [2.05, 4.69) is 29.7 Å². The van der Waals surface area contributed by atoms with Crippen molar-refractivity contribution in [2.75, 3.05) is 19.7 Å². The predicted octanol–water partition coefficient (Wildman–Crippen LogP) is 6.12. The number of benzene rings is 2. The molecule has 2 aromatic rings. The number of nitrogens with one attached hydrogen (secondary N) is 2. The van der Waals surface area contributed by atoms with E-state index in [1.807, 2.05) is 58.0 Å². The summed E-state index contributed by atoms with van der Waals surface area (Å²) in [4.78, 5) is 27.4. The zero-order chi connectivity index (χ0) is 29.3. The second-order valence-electron chi connectivity index (χ2n) is 11.2. The Morgan fingerprint density at radius 2 is 1.82 bits per heavy atom. The summed E-state index contributed by atoms with van der Waals surface area (Å²) in [5.74, 6) is 1.25.